The van der Waals surface area contributed by atoms with E-state index < -0.39 is 0 Å². The second kappa shape index (κ2) is 6.52. The molecule has 0 spiro atoms. The molecule has 0 radical (unpaired) electrons. The van der Waals surface area contributed by atoms with Crippen LogP contribution in [-0.2, 0) is 9.47 Å². The first-order valence-electron chi connectivity index (χ1n) is 6.80. The Morgan fingerprint density at radius 1 is 1.45 bits per heavy atom. The summed E-state index contributed by atoms with van der Waals surface area (Å²) in [6.07, 6.45) is 0.885. The summed E-state index contributed by atoms with van der Waals surface area (Å²) in [6, 6.07) is 4.99. The van der Waals surface area contributed by atoms with E-state index in [0.29, 0.717) is 13.2 Å². The van der Waals surface area contributed by atoms with Gasteiger partial charge in [-0.2, -0.15) is 0 Å². The molecule has 5 heteroatoms. The first kappa shape index (κ1) is 15.2. The Labute approximate surface area is 119 Å². The number of rotatable bonds is 6. The van der Waals surface area contributed by atoms with Crippen molar-refractivity contribution in [1.29, 1.82) is 0 Å². The molecule has 1 aromatic rings. The summed E-state index contributed by atoms with van der Waals surface area (Å²) in [7, 11) is 3.18. The normalized spacial score (nSPS) is 23.8. The molecule has 0 aliphatic carbocycles. The summed E-state index contributed by atoms with van der Waals surface area (Å²) in [4.78, 5) is 0. The average Bonchev–Trinajstić information content (AvgIpc) is 2.95. The maximum Gasteiger partial charge on any atom is 0.165 e. The van der Waals surface area contributed by atoms with Crippen molar-refractivity contribution in [3.05, 3.63) is 29.6 Å². The number of halogens is 1. The van der Waals surface area contributed by atoms with Gasteiger partial charge in [0.25, 0.3) is 0 Å². The minimum Gasteiger partial charge on any atom is -0.494 e. The van der Waals surface area contributed by atoms with E-state index in [1.54, 1.807) is 19.2 Å². The van der Waals surface area contributed by atoms with Gasteiger partial charge in [0.05, 0.1) is 13.7 Å². The van der Waals surface area contributed by atoms with Gasteiger partial charge in [-0.3, -0.25) is 0 Å². The molecule has 1 saturated heterocycles. The summed E-state index contributed by atoms with van der Waals surface area (Å²) in [5.74, 6) is -0.0807. The standard InChI is InChI=1S/C15H22FNO3/c1-11(12-4-5-13(16)14(8-12)18-2)17-9-15(19-3)6-7-20-10-15/h4-5,8,11,17H,6-7,9-10H2,1-3H3. The third kappa shape index (κ3) is 3.29. The molecule has 4 nitrogen and oxygen atoms in total. The number of ether oxygens (including phenoxy) is 3. The largest absolute Gasteiger partial charge is 0.494 e. The van der Waals surface area contributed by atoms with Gasteiger partial charge < -0.3 is 19.5 Å². The van der Waals surface area contributed by atoms with Gasteiger partial charge in [0.2, 0.25) is 0 Å². The van der Waals surface area contributed by atoms with Crippen molar-refractivity contribution < 1.29 is 18.6 Å². The molecule has 0 bridgehead atoms. The van der Waals surface area contributed by atoms with E-state index in [1.165, 1.54) is 13.2 Å². The van der Waals surface area contributed by atoms with Crippen LogP contribution in [0.3, 0.4) is 0 Å². The van der Waals surface area contributed by atoms with E-state index in [9.17, 15) is 4.39 Å². The molecule has 1 fully saturated rings. The molecule has 0 aromatic heterocycles. The monoisotopic (exact) mass is 283 g/mol. The van der Waals surface area contributed by atoms with Gasteiger partial charge in [-0.1, -0.05) is 6.07 Å². The van der Waals surface area contributed by atoms with E-state index in [0.717, 1.165) is 18.6 Å². The van der Waals surface area contributed by atoms with Crippen LogP contribution < -0.4 is 10.1 Å². The fraction of sp³-hybridized carbons (Fsp3) is 0.600. The minimum absolute atomic E-state index is 0.0807. The molecular weight excluding hydrogens is 261 g/mol. The average molecular weight is 283 g/mol. The van der Waals surface area contributed by atoms with Crippen LogP contribution in [0.15, 0.2) is 18.2 Å². The van der Waals surface area contributed by atoms with Crippen molar-refractivity contribution >= 4 is 0 Å². The van der Waals surface area contributed by atoms with Gasteiger partial charge in [-0.25, -0.2) is 4.39 Å². The SMILES string of the molecule is COc1cc(C(C)NCC2(OC)CCOC2)ccc1F. The molecule has 2 unspecified atom stereocenters. The first-order valence-corrected chi connectivity index (χ1v) is 6.80. The van der Waals surface area contributed by atoms with E-state index >= 15 is 0 Å². The topological polar surface area (TPSA) is 39.7 Å². The number of hydrogen-bond donors (Lipinski definition) is 1. The Balaban J connectivity index is 1.99. The fourth-order valence-electron chi connectivity index (χ4n) is 2.36. The summed E-state index contributed by atoms with van der Waals surface area (Å²) >= 11 is 0. The predicted octanol–water partition coefficient (Wildman–Crippen LogP) is 2.29. The highest BCUT2D eigenvalue weighted by Crippen LogP contribution is 2.25. The summed E-state index contributed by atoms with van der Waals surface area (Å²) in [5.41, 5.74) is 0.728. The Morgan fingerprint density at radius 3 is 2.85 bits per heavy atom. The van der Waals surface area contributed by atoms with Gasteiger partial charge in [-0.15, -0.1) is 0 Å². The number of hydrogen-bond acceptors (Lipinski definition) is 4. The molecule has 0 amide bonds. The zero-order valence-corrected chi connectivity index (χ0v) is 12.2. The fourth-order valence-corrected chi connectivity index (χ4v) is 2.36. The lowest BCUT2D eigenvalue weighted by atomic mass is 10.0. The summed E-state index contributed by atoms with van der Waals surface area (Å²) < 4.78 is 29.4. The maximum absolute atomic E-state index is 13.4. The van der Waals surface area contributed by atoms with E-state index in [2.05, 4.69) is 5.32 Å². The molecule has 1 N–H and O–H groups in total. The molecule has 1 aliphatic heterocycles. The third-order valence-corrected chi connectivity index (χ3v) is 3.91. The lowest BCUT2D eigenvalue weighted by molar-refractivity contribution is -0.0172. The van der Waals surface area contributed by atoms with E-state index in [-0.39, 0.29) is 23.2 Å². The predicted molar refractivity (Wildman–Crippen MR) is 74.5 cm³/mol. The van der Waals surface area contributed by atoms with Crippen LogP contribution in [0.1, 0.15) is 24.9 Å². The van der Waals surface area contributed by atoms with Crippen LogP contribution in [0.4, 0.5) is 4.39 Å². The zero-order valence-electron chi connectivity index (χ0n) is 12.2. The molecule has 2 atom stereocenters. The van der Waals surface area contributed by atoms with E-state index in [1.807, 2.05) is 6.92 Å². The molecule has 1 aliphatic rings. The second-order valence-electron chi connectivity index (χ2n) is 5.19. The zero-order chi connectivity index (χ0) is 14.6. The van der Waals surface area contributed by atoms with Crippen LogP contribution >= 0.6 is 0 Å². The van der Waals surface area contributed by atoms with Crippen LogP contribution in [0, 0.1) is 5.82 Å². The highest BCUT2D eigenvalue weighted by molar-refractivity contribution is 5.31. The van der Waals surface area contributed by atoms with Crippen molar-refractivity contribution in [3.63, 3.8) is 0 Å². The quantitative estimate of drug-likeness (QED) is 0.869. The molecule has 1 heterocycles. The molecule has 2 rings (SSSR count). The lowest BCUT2D eigenvalue weighted by Crippen LogP contribution is -2.43. The molecule has 0 saturated carbocycles. The van der Waals surface area contributed by atoms with Crippen LogP contribution in [0.2, 0.25) is 0 Å². The number of nitrogens with one attached hydrogen (secondary N) is 1. The highest BCUT2D eigenvalue weighted by Gasteiger charge is 2.34. The van der Waals surface area contributed by atoms with Crippen LogP contribution in [0.25, 0.3) is 0 Å². The van der Waals surface area contributed by atoms with Crippen molar-refractivity contribution in [2.75, 3.05) is 34.0 Å². The summed E-state index contributed by atoms with van der Waals surface area (Å²) in [6.45, 7) is 4.07. The molecule has 20 heavy (non-hydrogen) atoms. The van der Waals surface area contributed by atoms with Crippen molar-refractivity contribution in [1.82, 2.24) is 5.32 Å². The van der Waals surface area contributed by atoms with Gasteiger partial charge in [0.1, 0.15) is 5.60 Å². The van der Waals surface area contributed by atoms with Gasteiger partial charge >= 0.3 is 0 Å². The Morgan fingerprint density at radius 2 is 2.25 bits per heavy atom. The maximum atomic E-state index is 13.4. The van der Waals surface area contributed by atoms with Crippen molar-refractivity contribution in [2.24, 2.45) is 0 Å². The van der Waals surface area contributed by atoms with E-state index in [4.69, 9.17) is 14.2 Å². The Bertz CT molecular complexity index is 447. The van der Waals surface area contributed by atoms with Crippen LogP contribution in [0.5, 0.6) is 5.75 Å². The molecule has 1 aromatic carbocycles. The van der Waals surface area contributed by atoms with Gasteiger partial charge in [-0.05, 0) is 24.6 Å². The third-order valence-electron chi connectivity index (χ3n) is 3.91. The van der Waals surface area contributed by atoms with Crippen LogP contribution in [-0.4, -0.2) is 39.6 Å². The van der Waals surface area contributed by atoms with Gasteiger partial charge in [0, 0.05) is 32.7 Å². The number of benzene rings is 1. The summed E-state index contributed by atoms with van der Waals surface area (Å²) in [5, 5.41) is 3.42. The Hall–Kier alpha value is -1.17. The first-order chi connectivity index (χ1) is 9.60. The van der Waals surface area contributed by atoms with Gasteiger partial charge in [0.15, 0.2) is 11.6 Å². The lowest BCUT2D eigenvalue weighted by Gasteiger charge is -2.28. The molecular formula is C15H22FNO3. The number of methoxy groups -OCH3 is 2. The highest BCUT2D eigenvalue weighted by atomic mass is 19.1. The minimum atomic E-state index is -0.346. The second-order valence-corrected chi connectivity index (χ2v) is 5.19. The van der Waals surface area contributed by atoms with Crippen molar-refractivity contribution in [3.8, 4) is 5.75 Å². The smallest absolute Gasteiger partial charge is 0.165 e. The van der Waals surface area contributed by atoms with Crippen molar-refractivity contribution in [2.45, 2.75) is 25.0 Å². The molecule has 112 valence electrons. The Kier molecular flexibility index (Phi) is 4.96.